The Bertz CT molecular complexity index is 442. The van der Waals surface area contributed by atoms with Crippen molar-refractivity contribution < 1.29 is 0 Å². The summed E-state index contributed by atoms with van der Waals surface area (Å²) in [5, 5.41) is 0. The van der Waals surface area contributed by atoms with Crippen molar-refractivity contribution in [1.82, 2.24) is 24.5 Å². The second-order valence-electron chi connectivity index (χ2n) is 9.92. The maximum absolute atomic E-state index is 2.74. The van der Waals surface area contributed by atoms with Crippen LogP contribution in [-0.4, -0.2) is 122 Å². The molecule has 158 valence electrons. The molecule has 0 spiro atoms. The topological polar surface area (TPSA) is 16.2 Å². The fourth-order valence-electron chi connectivity index (χ4n) is 5.08. The van der Waals surface area contributed by atoms with E-state index in [4.69, 9.17) is 0 Å². The summed E-state index contributed by atoms with van der Waals surface area (Å²) in [4.78, 5) is 13.1. The fraction of sp³-hybridized carbons (Fsp3) is 1.00. The van der Waals surface area contributed by atoms with Crippen molar-refractivity contribution in [2.45, 2.75) is 76.7 Å². The zero-order valence-electron chi connectivity index (χ0n) is 18.9. The summed E-state index contributed by atoms with van der Waals surface area (Å²) in [6, 6.07) is 3.78. The van der Waals surface area contributed by atoms with Gasteiger partial charge in [0.1, 0.15) is 0 Å². The van der Waals surface area contributed by atoms with E-state index in [0.717, 1.165) is 18.1 Å². The molecular formula is C22H45N5. The molecule has 2 aliphatic heterocycles. The lowest BCUT2D eigenvalue weighted by molar-refractivity contribution is 0.00341. The Labute approximate surface area is 168 Å². The van der Waals surface area contributed by atoms with E-state index in [-0.39, 0.29) is 0 Å². The summed E-state index contributed by atoms with van der Waals surface area (Å²) in [6.45, 7) is 15.9. The smallest absolute Gasteiger partial charge is 0.0234 e. The van der Waals surface area contributed by atoms with Crippen molar-refractivity contribution in [3.05, 3.63) is 0 Å². The molecule has 3 aliphatic rings. The minimum absolute atomic E-state index is 0.659. The number of piperazine rings is 1. The average Bonchev–Trinajstić information content (AvgIpc) is 3.08. The molecule has 0 radical (unpaired) electrons. The second kappa shape index (κ2) is 9.53. The highest BCUT2D eigenvalue weighted by atomic mass is 15.3. The summed E-state index contributed by atoms with van der Waals surface area (Å²) in [6.07, 6.45) is 5.42. The van der Waals surface area contributed by atoms with Gasteiger partial charge >= 0.3 is 0 Å². The number of hydrogen-bond acceptors (Lipinski definition) is 5. The van der Waals surface area contributed by atoms with Gasteiger partial charge in [-0.05, 0) is 80.7 Å². The van der Waals surface area contributed by atoms with Crippen LogP contribution in [0.1, 0.15) is 46.5 Å². The van der Waals surface area contributed by atoms with Crippen LogP contribution in [0, 0.1) is 0 Å². The van der Waals surface area contributed by atoms with Gasteiger partial charge in [-0.25, -0.2) is 0 Å². The van der Waals surface area contributed by atoms with Gasteiger partial charge in [-0.1, -0.05) is 0 Å². The Morgan fingerprint density at radius 2 is 1.56 bits per heavy atom. The summed E-state index contributed by atoms with van der Waals surface area (Å²) >= 11 is 0. The molecule has 1 saturated carbocycles. The molecule has 0 aromatic heterocycles. The molecule has 5 nitrogen and oxygen atoms in total. The lowest BCUT2D eigenvalue weighted by Crippen LogP contribution is -2.58. The fourth-order valence-corrected chi connectivity index (χ4v) is 5.08. The van der Waals surface area contributed by atoms with E-state index >= 15 is 0 Å². The first-order chi connectivity index (χ1) is 12.8. The quantitative estimate of drug-likeness (QED) is 0.638. The molecular weight excluding hydrogens is 334 g/mol. The van der Waals surface area contributed by atoms with Gasteiger partial charge in [-0.15, -0.1) is 0 Å². The first kappa shape index (κ1) is 21.5. The normalized spacial score (nSPS) is 32.6. The molecule has 0 bridgehead atoms. The Hall–Kier alpha value is -0.200. The van der Waals surface area contributed by atoms with Crippen LogP contribution in [0.3, 0.4) is 0 Å². The van der Waals surface area contributed by atoms with Gasteiger partial charge in [0.05, 0.1) is 0 Å². The maximum Gasteiger partial charge on any atom is 0.0234 e. The van der Waals surface area contributed by atoms with Crippen molar-refractivity contribution in [2.75, 3.05) is 67.0 Å². The minimum Gasteiger partial charge on any atom is -0.304 e. The highest BCUT2D eigenvalue weighted by Gasteiger charge is 2.38. The van der Waals surface area contributed by atoms with E-state index in [0.29, 0.717) is 12.1 Å². The standard InChI is InChI=1S/C22H45N5/c1-18(2)24(5)20-8-10-26(17-20)9-7-19(3)25(6)21-15-22(16-21)27-13-11-23(4)12-14-27/h18-22H,7-17H2,1-6H3/t19-,20-,21?,22?/m1/s1. The lowest BCUT2D eigenvalue weighted by Gasteiger charge is -2.50. The number of rotatable bonds is 8. The zero-order chi connectivity index (χ0) is 19.6. The first-order valence-corrected chi connectivity index (χ1v) is 11.4. The van der Waals surface area contributed by atoms with Crippen molar-refractivity contribution in [2.24, 2.45) is 0 Å². The molecule has 27 heavy (non-hydrogen) atoms. The number of hydrogen-bond donors (Lipinski definition) is 0. The van der Waals surface area contributed by atoms with Gasteiger partial charge in [0, 0.05) is 62.9 Å². The van der Waals surface area contributed by atoms with Gasteiger partial charge in [0.15, 0.2) is 0 Å². The molecule has 2 heterocycles. The van der Waals surface area contributed by atoms with Gasteiger partial charge in [-0.2, -0.15) is 0 Å². The molecule has 5 heteroatoms. The van der Waals surface area contributed by atoms with Gasteiger partial charge < -0.3 is 14.7 Å². The zero-order valence-corrected chi connectivity index (χ0v) is 18.9. The molecule has 0 amide bonds. The third-order valence-electron chi connectivity index (χ3n) is 7.91. The van der Waals surface area contributed by atoms with Crippen LogP contribution >= 0.6 is 0 Å². The number of likely N-dealkylation sites (N-methyl/N-ethyl adjacent to an activating group) is 2. The molecule has 2 atom stereocenters. The minimum atomic E-state index is 0.659. The highest BCUT2D eigenvalue weighted by molar-refractivity contribution is 4.95. The van der Waals surface area contributed by atoms with Crippen LogP contribution in [0.15, 0.2) is 0 Å². The van der Waals surface area contributed by atoms with Gasteiger partial charge in [0.2, 0.25) is 0 Å². The van der Waals surface area contributed by atoms with Crippen LogP contribution in [0.2, 0.25) is 0 Å². The molecule has 1 aliphatic carbocycles. The van der Waals surface area contributed by atoms with Crippen LogP contribution in [-0.2, 0) is 0 Å². The lowest BCUT2D eigenvalue weighted by atomic mass is 9.83. The van der Waals surface area contributed by atoms with Crippen molar-refractivity contribution >= 4 is 0 Å². The monoisotopic (exact) mass is 379 g/mol. The Morgan fingerprint density at radius 1 is 0.889 bits per heavy atom. The van der Waals surface area contributed by atoms with E-state index in [1.807, 2.05) is 0 Å². The molecule has 0 aromatic carbocycles. The molecule has 0 unspecified atom stereocenters. The van der Waals surface area contributed by atoms with Crippen LogP contribution in [0.4, 0.5) is 0 Å². The maximum atomic E-state index is 2.74. The number of likely N-dealkylation sites (tertiary alicyclic amines) is 1. The van der Waals surface area contributed by atoms with E-state index < -0.39 is 0 Å². The van der Waals surface area contributed by atoms with Gasteiger partial charge in [0.25, 0.3) is 0 Å². The van der Waals surface area contributed by atoms with Crippen LogP contribution < -0.4 is 0 Å². The van der Waals surface area contributed by atoms with E-state index in [1.165, 1.54) is 71.5 Å². The Balaban J connectivity index is 1.33. The highest BCUT2D eigenvalue weighted by Crippen LogP contribution is 2.31. The van der Waals surface area contributed by atoms with Crippen LogP contribution in [0.25, 0.3) is 0 Å². The van der Waals surface area contributed by atoms with E-state index in [2.05, 4.69) is 66.4 Å². The number of nitrogens with zero attached hydrogens (tertiary/aromatic N) is 5. The Kier molecular flexibility index (Phi) is 7.59. The summed E-state index contributed by atoms with van der Waals surface area (Å²) in [5.74, 6) is 0. The molecule has 2 saturated heterocycles. The molecule has 3 fully saturated rings. The van der Waals surface area contributed by atoms with Crippen molar-refractivity contribution in [3.63, 3.8) is 0 Å². The van der Waals surface area contributed by atoms with Crippen molar-refractivity contribution in [1.29, 1.82) is 0 Å². The summed E-state index contributed by atoms with van der Waals surface area (Å²) in [7, 11) is 6.91. The summed E-state index contributed by atoms with van der Waals surface area (Å²) < 4.78 is 0. The SMILES string of the molecule is CC(C)N(C)[C@@H]1CCN(CC[C@@H](C)N(C)C2CC(N3CCN(C)CC3)C2)C1. The first-order valence-electron chi connectivity index (χ1n) is 11.4. The van der Waals surface area contributed by atoms with Crippen LogP contribution in [0.5, 0.6) is 0 Å². The van der Waals surface area contributed by atoms with Crippen molar-refractivity contribution in [3.8, 4) is 0 Å². The predicted molar refractivity (Wildman–Crippen MR) is 115 cm³/mol. The largest absolute Gasteiger partial charge is 0.304 e. The molecule has 3 rings (SSSR count). The van der Waals surface area contributed by atoms with E-state index in [9.17, 15) is 0 Å². The van der Waals surface area contributed by atoms with Gasteiger partial charge in [-0.3, -0.25) is 9.80 Å². The Morgan fingerprint density at radius 3 is 2.19 bits per heavy atom. The predicted octanol–water partition coefficient (Wildman–Crippen LogP) is 1.89. The third kappa shape index (κ3) is 5.45. The molecule has 0 N–H and O–H groups in total. The summed E-state index contributed by atoms with van der Waals surface area (Å²) in [5.41, 5.74) is 0. The third-order valence-corrected chi connectivity index (χ3v) is 7.91. The van der Waals surface area contributed by atoms with E-state index in [1.54, 1.807) is 0 Å². The molecule has 0 aromatic rings. The second-order valence-corrected chi connectivity index (χ2v) is 9.92. The average molecular weight is 380 g/mol.